The standard InChI is InChI=1S/C25H38N4O9/c26-6-8-34-10-12-36-14-16-38-17-15-37-13-11-35-9-7-27-21-3-1-2-19-20(21)18-29(33,25(19)32)22-4-5-23(30)28-24(22)31/h1-3,22,27H,4-18,26H2,(H,28,30,31). The van der Waals surface area contributed by atoms with Crippen LogP contribution >= 0.6 is 0 Å². The number of nitrogens with zero attached hydrogens (tertiary/aromatic N) is 1. The highest BCUT2D eigenvalue weighted by molar-refractivity contribution is 6.02. The molecule has 0 aromatic heterocycles. The summed E-state index contributed by atoms with van der Waals surface area (Å²) >= 11 is 0. The van der Waals surface area contributed by atoms with Gasteiger partial charge in [0, 0.05) is 37.2 Å². The molecule has 0 saturated carbocycles. The highest BCUT2D eigenvalue weighted by Gasteiger charge is 2.50. The van der Waals surface area contributed by atoms with E-state index in [9.17, 15) is 19.6 Å². The molecular weight excluding hydrogens is 500 g/mol. The third-order valence-corrected chi connectivity index (χ3v) is 6.17. The smallest absolute Gasteiger partial charge is 0.347 e. The van der Waals surface area contributed by atoms with Crippen molar-refractivity contribution in [1.82, 2.24) is 5.32 Å². The Labute approximate surface area is 222 Å². The Bertz CT molecular complexity index is 932. The molecule has 38 heavy (non-hydrogen) atoms. The second kappa shape index (κ2) is 15.8. The third kappa shape index (κ3) is 8.51. The van der Waals surface area contributed by atoms with Gasteiger partial charge in [-0.2, -0.15) is 0 Å². The molecule has 1 aromatic carbocycles. The molecule has 1 saturated heterocycles. The Morgan fingerprint density at radius 2 is 1.47 bits per heavy atom. The van der Waals surface area contributed by atoms with Crippen LogP contribution in [0.4, 0.5) is 5.69 Å². The molecule has 0 bridgehead atoms. The molecule has 3 amide bonds. The summed E-state index contributed by atoms with van der Waals surface area (Å²) in [6, 6.07) is 3.95. The van der Waals surface area contributed by atoms with Gasteiger partial charge in [-0.1, -0.05) is 6.07 Å². The van der Waals surface area contributed by atoms with Crippen LogP contribution in [0.5, 0.6) is 0 Å². The summed E-state index contributed by atoms with van der Waals surface area (Å²) in [5, 5.41) is 18.9. The first-order valence-corrected chi connectivity index (χ1v) is 12.9. The quantitative estimate of drug-likeness (QED) is 0.0931. The fraction of sp³-hybridized carbons (Fsp3) is 0.640. The Morgan fingerprint density at radius 1 is 0.895 bits per heavy atom. The van der Waals surface area contributed by atoms with E-state index in [1.807, 2.05) is 0 Å². The number of piperidine rings is 1. The summed E-state index contributed by atoms with van der Waals surface area (Å²) < 4.78 is 25.7. The number of amides is 3. The van der Waals surface area contributed by atoms with Gasteiger partial charge >= 0.3 is 5.91 Å². The predicted octanol–water partition coefficient (Wildman–Crippen LogP) is -0.0862. The lowest BCUT2D eigenvalue weighted by Crippen LogP contribution is -2.60. The van der Waals surface area contributed by atoms with Crippen molar-refractivity contribution in [2.45, 2.75) is 25.4 Å². The maximum Gasteiger partial charge on any atom is 0.347 e. The number of imide groups is 1. The third-order valence-electron chi connectivity index (χ3n) is 6.17. The van der Waals surface area contributed by atoms with Crippen LogP contribution in [-0.4, -0.2) is 108 Å². The SMILES string of the molecule is NCCOCCOCCOCCOCCOCCNc1cccc2c1C[N+]([O-])(C1CCC(=O)NC1=O)C2=O. The van der Waals surface area contributed by atoms with E-state index in [-0.39, 0.29) is 19.4 Å². The van der Waals surface area contributed by atoms with Crippen molar-refractivity contribution in [3.63, 3.8) is 0 Å². The van der Waals surface area contributed by atoms with Crippen molar-refractivity contribution in [3.8, 4) is 0 Å². The van der Waals surface area contributed by atoms with Gasteiger partial charge in [0.15, 0.2) is 6.04 Å². The minimum absolute atomic E-state index is 0.0445. The Hall–Kier alpha value is -2.49. The maximum absolute atomic E-state index is 13.5. The molecule has 1 aromatic rings. The van der Waals surface area contributed by atoms with E-state index in [0.717, 1.165) is 0 Å². The molecule has 2 heterocycles. The molecule has 13 nitrogen and oxygen atoms in total. The van der Waals surface area contributed by atoms with Crippen molar-refractivity contribution < 1.29 is 42.7 Å². The lowest BCUT2D eigenvalue weighted by molar-refractivity contribution is -0.825. The second-order valence-corrected chi connectivity index (χ2v) is 8.83. The number of nitrogens with one attached hydrogen (secondary N) is 2. The van der Waals surface area contributed by atoms with Gasteiger partial charge in [0.25, 0.3) is 5.91 Å². The molecule has 2 atom stereocenters. The van der Waals surface area contributed by atoms with Gasteiger partial charge in [0.1, 0.15) is 6.54 Å². The average molecular weight is 539 g/mol. The molecule has 2 aliphatic heterocycles. The maximum atomic E-state index is 13.5. The van der Waals surface area contributed by atoms with Gasteiger partial charge in [0.05, 0.1) is 71.6 Å². The molecule has 3 rings (SSSR count). The van der Waals surface area contributed by atoms with E-state index < -0.39 is 28.4 Å². The largest absolute Gasteiger partial charge is 0.624 e. The Kier molecular flexibility index (Phi) is 12.5. The molecule has 0 radical (unpaired) electrons. The van der Waals surface area contributed by atoms with Crippen LogP contribution in [0.3, 0.4) is 0 Å². The normalized spacial score (nSPS) is 21.0. The lowest BCUT2D eigenvalue weighted by Gasteiger charge is -2.42. The summed E-state index contributed by atoms with van der Waals surface area (Å²) in [5.74, 6) is -1.77. The number of rotatable bonds is 19. The molecule has 4 N–H and O–H groups in total. The van der Waals surface area contributed by atoms with Crippen LogP contribution in [0.2, 0.25) is 0 Å². The molecule has 2 aliphatic rings. The number of quaternary nitrogens is 1. The van der Waals surface area contributed by atoms with Crippen LogP contribution in [0.25, 0.3) is 0 Å². The average Bonchev–Trinajstić information content (AvgIpc) is 3.17. The van der Waals surface area contributed by atoms with Gasteiger partial charge < -0.3 is 39.9 Å². The van der Waals surface area contributed by atoms with Gasteiger partial charge in [-0.3, -0.25) is 19.6 Å². The Balaban J connectivity index is 1.26. The minimum Gasteiger partial charge on any atom is -0.624 e. The summed E-state index contributed by atoms with van der Waals surface area (Å²) in [4.78, 5) is 36.7. The molecular formula is C25H38N4O9. The van der Waals surface area contributed by atoms with Crippen molar-refractivity contribution in [2.24, 2.45) is 5.73 Å². The van der Waals surface area contributed by atoms with E-state index in [2.05, 4.69) is 10.6 Å². The monoisotopic (exact) mass is 538 g/mol. The molecule has 1 fully saturated rings. The number of hydroxylamine groups is 3. The Morgan fingerprint density at radius 3 is 2.05 bits per heavy atom. The molecule has 2 unspecified atom stereocenters. The van der Waals surface area contributed by atoms with Gasteiger partial charge in [-0.15, -0.1) is 0 Å². The lowest BCUT2D eigenvalue weighted by atomic mass is 10.0. The number of anilines is 1. The van der Waals surface area contributed by atoms with Gasteiger partial charge in [-0.25, -0.2) is 4.79 Å². The number of benzene rings is 1. The summed E-state index contributed by atoms with van der Waals surface area (Å²) in [5.41, 5.74) is 6.85. The highest BCUT2D eigenvalue weighted by atomic mass is 16.6. The van der Waals surface area contributed by atoms with Crippen molar-refractivity contribution in [3.05, 3.63) is 34.5 Å². The zero-order valence-corrected chi connectivity index (χ0v) is 21.6. The first kappa shape index (κ1) is 30.1. The number of carbonyl (C=O) groups is 3. The number of fused-ring (bicyclic) bond motifs is 1. The summed E-state index contributed by atoms with van der Waals surface area (Å²) in [6.45, 7) is 5.50. The number of ether oxygens (including phenoxy) is 5. The number of nitrogens with two attached hydrogens (primary N) is 1. The zero-order valence-electron chi connectivity index (χ0n) is 21.6. The van der Waals surface area contributed by atoms with Crippen molar-refractivity contribution in [2.75, 3.05) is 84.5 Å². The van der Waals surface area contributed by atoms with Crippen LogP contribution in [0.1, 0.15) is 28.8 Å². The van der Waals surface area contributed by atoms with Crippen LogP contribution in [0, 0.1) is 5.21 Å². The predicted molar refractivity (Wildman–Crippen MR) is 136 cm³/mol. The van der Waals surface area contributed by atoms with Gasteiger partial charge in [-0.05, 0) is 12.1 Å². The van der Waals surface area contributed by atoms with Gasteiger partial charge in [0.2, 0.25) is 5.91 Å². The van der Waals surface area contributed by atoms with E-state index in [4.69, 9.17) is 29.4 Å². The van der Waals surface area contributed by atoms with E-state index in [1.54, 1.807) is 18.2 Å². The first-order valence-electron chi connectivity index (χ1n) is 12.9. The summed E-state index contributed by atoms with van der Waals surface area (Å²) in [7, 11) is 0. The molecule has 212 valence electrons. The first-order chi connectivity index (χ1) is 18.5. The fourth-order valence-corrected chi connectivity index (χ4v) is 4.29. The fourth-order valence-electron chi connectivity index (χ4n) is 4.29. The van der Waals surface area contributed by atoms with E-state index in [1.165, 1.54) is 0 Å². The highest BCUT2D eigenvalue weighted by Crippen LogP contribution is 2.37. The van der Waals surface area contributed by atoms with Crippen LogP contribution in [-0.2, 0) is 39.8 Å². The van der Waals surface area contributed by atoms with E-state index >= 15 is 0 Å². The van der Waals surface area contributed by atoms with E-state index in [0.29, 0.717) is 96.0 Å². The van der Waals surface area contributed by atoms with Crippen molar-refractivity contribution in [1.29, 1.82) is 0 Å². The molecule has 0 spiro atoms. The number of hydrogen-bond acceptors (Lipinski definition) is 11. The summed E-state index contributed by atoms with van der Waals surface area (Å²) in [6.07, 6.45) is 0.0990. The minimum atomic E-state index is -1.30. The number of hydrogen-bond donors (Lipinski definition) is 3. The molecule has 13 heteroatoms. The topological polar surface area (TPSA) is 170 Å². The number of carbonyl (C=O) groups excluding carboxylic acids is 3. The van der Waals surface area contributed by atoms with Crippen molar-refractivity contribution >= 4 is 23.4 Å². The molecule has 0 aliphatic carbocycles. The van der Waals surface area contributed by atoms with Crippen LogP contribution in [0.15, 0.2) is 18.2 Å². The second-order valence-electron chi connectivity index (χ2n) is 8.83. The van der Waals surface area contributed by atoms with Crippen LogP contribution < -0.4 is 16.4 Å². The zero-order chi connectivity index (χ0) is 27.2.